The molecule has 2 saturated heterocycles. The van der Waals surface area contributed by atoms with Crippen molar-refractivity contribution in [1.82, 2.24) is 14.9 Å². The maximum atomic E-state index is 15.5. The van der Waals surface area contributed by atoms with E-state index in [4.69, 9.17) is 9.47 Å². The number of rotatable bonds is 10. The second kappa shape index (κ2) is 15.1. The number of hydrogen-bond acceptors (Lipinski definition) is 7. The van der Waals surface area contributed by atoms with Gasteiger partial charge in [-0.05, 0) is 74.6 Å². The molecule has 48 heavy (non-hydrogen) atoms. The van der Waals surface area contributed by atoms with Crippen LogP contribution < -0.4 is 16.0 Å². The van der Waals surface area contributed by atoms with E-state index in [0.717, 1.165) is 19.2 Å². The lowest BCUT2D eigenvalue weighted by Crippen LogP contribution is -2.59. The molecular formula is C34H39F3N4O6S. The SMILES string of the molecule is COC(=O)NC(C(=O)Nc1cccc(F)c1CC[C@H]1CNC[C@@H](C)N1S(=O)(=O)c1ccccc1)C1(c2cc(F)cc(F)c2)CCOCC1. The number of carbonyl (C=O) groups excluding carboxylic acids is 2. The fourth-order valence-corrected chi connectivity index (χ4v) is 8.64. The van der Waals surface area contributed by atoms with Crippen LogP contribution in [-0.4, -0.2) is 76.3 Å². The van der Waals surface area contributed by atoms with Gasteiger partial charge in [-0.3, -0.25) is 4.79 Å². The first kappa shape index (κ1) is 35.3. The van der Waals surface area contributed by atoms with Crippen molar-refractivity contribution in [1.29, 1.82) is 0 Å². The minimum atomic E-state index is -3.87. The molecule has 10 nitrogen and oxygen atoms in total. The van der Waals surface area contributed by atoms with Crippen LogP contribution in [0.2, 0.25) is 0 Å². The van der Waals surface area contributed by atoms with E-state index in [-0.39, 0.29) is 66.6 Å². The number of halogens is 3. The van der Waals surface area contributed by atoms with Crippen LogP contribution in [0.3, 0.4) is 0 Å². The number of piperazine rings is 1. The van der Waals surface area contributed by atoms with Crippen LogP contribution in [0.1, 0.15) is 37.3 Å². The van der Waals surface area contributed by atoms with Crippen LogP contribution in [0, 0.1) is 17.5 Å². The summed E-state index contributed by atoms with van der Waals surface area (Å²) < 4.78 is 83.6. The van der Waals surface area contributed by atoms with Crippen molar-refractivity contribution in [3.8, 4) is 0 Å². The Labute approximate surface area is 278 Å². The van der Waals surface area contributed by atoms with Gasteiger partial charge in [-0.2, -0.15) is 4.31 Å². The molecule has 0 aliphatic carbocycles. The summed E-state index contributed by atoms with van der Waals surface area (Å²) in [5.41, 5.74) is -0.907. The molecule has 0 radical (unpaired) electrons. The average molecular weight is 689 g/mol. The normalized spacial score (nSPS) is 20.4. The monoisotopic (exact) mass is 688 g/mol. The summed E-state index contributed by atoms with van der Waals surface area (Å²) in [5.74, 6) is -3.08. The van der Waals surface area contributed by atoms with Crippen LogP contribution >= 0.6 is 0 Å². The van der Waals surface area contributed by atoms with Crippen LogP contribution in [0.5, 0.6) is 0 Å². The Morgan fingerprint density at radius 3 is 2.38 bits per heavy atom. The highest BCUT2D eigenvalue weighted by Crippen LogP contribution is 2.40. The maximum Gasteiger partial charge on any atom is 0.407 e. The zero-order chi connectivity index (χ0) is 34.5. The smallest absolute Gasteiger partial charge is 0.407 e. The molecule has 5 rings (SSSR count). The van der Waals surface area contributed by atoms with Gasteiger partial charge in [-0.1, -0.05) is 24.3 Å². The minimum Gasteiger partial charge on any atom is -0.453 e. The fourth-order valence-electron chi connectivity index (χ4n) is 6.77. The van der Waals surface area contributed by atoms with E-state index in [1.165, 1.54) is 34.6 Å². The van der Waals surface area contributed by atoms with Gasteiger partial charge in [0.25, 0.3) is 0 Å². The van der Waals surface area contributed by atoms with Gasteiger partial charge in [0.1, 0.15) is 23.5 Å². The van der Waals surface area contributed by atoms with Crippen molar-refractivity contribution in [2.75, 3.05) is 38.7 Å². The Morgan fingerprint density at radius 1 is 1.02 bits per heavy atom. The maximum absolute atomic E-state index is 15.5. The van der Waals surface area contributed by atoms with E-state index in [1.54, 1.807) is 25.1 Å². The van der Waals surface area contributed by atoms with E-state index >= 15 is 4.39 Å². The van der Waals surface area contributed by atoms with Gasteiger partial charge in [0, 0.05) is 61.1 Å². The Balaban J connectivity index is 1.45. The zero-order valence-electron chi connectivity index (χ0n) is 26.7. The highest BCUT2D eigenvalue weighted by molar-refractivity contribution is 7.89. The quantitative estimate of drug-likeness (QED) is 0.287. The Morgan fingerprint density at radius 2 is 1.71 bits per heavy atom. The van der Waals surface area contributed by atoms with Gasteiger partial charge in [-0.25, -0.2) is 26.4 Å². The molecule has 2 aliphatic rings. The Hall–Kier alpha value is -3.98. The third kappa shape index (κ3) is 7.51. The number of methoxy groups -OCH3 is 1. The van der Waals surface area contributed by atoms with Crippen molar-refractivity contribution >= 4 is 27.7 Å². The van der Waals surface area contributed by atoms with Gasteiger partial charge < -0.3 is 25.4 Å². The number of sulfonamides is 1. The summed E-state index contributed by atoms with van der Waals surface area (Å²) in [6.07, 6.45) is -0.401. The number of ether oxygens (including phenoxy) is 2. The molecule has 258 valence electrons. The van der Waals surface area contributed by atoms with Crippen LogP contribution in [0.15, 0.2) is 71.6 Å². The molecule has 3 aromatic rings. The van der Waals surface area contributed by atoms with Gasteiger partial charge in [0.2, 0.25) is 15.9 Å². The summed E-state index contributed by atoms with van der Waals surface area (Å²) in [5, 5.41) is 8.54. The molecule has 2 amide bonds. The fraction of sp³-hybridized carbons (Fsp3) is 0.412. The number of benzene rings is 3. The predicted molar refractivity (Wildman–Crippen MR) is 172 cm³/mol. The molecule has 3 N–H and O–H groups in total. The van der Waals surface area contributed by atoms with E-state index in [1.807, 2.05) is 0 Å². The number of nitrogens with one attached hydrogen (secondary N) is 3. The number of hydrogen-bond donors (Lipinski definition) is 3. The van der Waals surface area contributed by atoms with E-state index in [9.17, 15) is 26.8 Å². The summed E-state index contributed by atoms with van der Waals surface area (Å²) >= 11 is 0. The first-order valence-electron chi connectivity index (χ1n) is 15.7. The van der Waals surface area contributed by atoms with Crippen molar-refractivity contribution < 1.29 is 40.7 Å². The first-order valence-corrected chi connectivity index (χ1v) is 17.2. The molecule has 14 heteroatoms. The molecule has 0 spiro atoms. The molecule has 0 saturated carbocycles. The number of amides is 2. The van der Waals surface area contributed by atoms with Crippen molar-refractivity contribution in [2.45, 2.75) is 61.0 Å². The molecule has 0 aromatic heterocycles. The molecule has 0 bridgehead atoms. The summed E-state index contributed by atoms with van der Waals surface area (Å²) in [7, 11) is -2.75. The first-order chi connectivity index (χ1) is 23.0. The van der Waals surface area contributed by atoms with Gasteiger partial charge in [-0.15, -0.1) is 0 Å². The van der Waals surface area contributed by atoms with E-state index in [2.05, 4.69) is 16.0 Å². The van der Waals surface area contributed by atoms with Crippen LogP contribution in [-0.2, 0) is 36.1 Å². The lowest BCUT2D eigenvalue weighted by atomic mass is 9.68. The lowest BCUT2D eigenvalue weighted by Gasteiger charge is -2.43. The van der Waals surface area contributed by atoms with Gasteiger partial charge >= 0.3 is 6.09 Å². The van der Waals surface area contributed by atoms with Crippen molar-refractivity contribution in [3.63, 3.8) is 0 Å². The molecule has 2 aliphatic heterocycles. The average Bonchev–Trinajstić information content (AvgIpc) is 3.07. The van der Waals surface area contributed by atoms with Gasteiger partial charge in [0.05, 0.1) is 12.0 Å². The molecule has 1 unspecified atom stereocenters. The van der Waals surface area contributed by atoms with E-state index in [0.29, 0.717) is 19.2 Å². The highest BCUT2D eigenvalue weighted by atomic mass is 32.2. The molecule has 3 aromatic carbocycles. The molecule has 2 fully saturated rings. The number of carbonyl (C=O) groups is 2. The summed E-state index contributed by atoms with van der Waals surface area (Å²) in [6.45, 7) is 2.88. The molecule has 3 atom stereocenters. The Bertz CT molecular complexity index is 1700. The minimum absolute atomic E-state index is 0.0609. The third-order valence-electron chi connectivity index (χ3n) is 9.12. The number of nitrogens with zero attached hydrogens (tertiary/aromatic N) is 1. The Kier molecular flexibility index (Phi) is 11.1. The van der Waals surface area contributed by atoms with Crippen molar-refractivity contribution in [3.05, 3.63) is 95.3 Å². The second-order valence-corrected chi connectivity index (χ2v) is 13.9. The summed E-state index contributed by atoms with van der Waals surface area (Å²) in [6, 6.07) is 12.9. The zero-order valence-corrected chi connectivity index (χ0v) is 27.5. The predicted octanol–water partition coefficient (Wildman–Crippen LogP) is 4.50. The lowest BCUT2D eigenvalue weighted by molar-refractivity contribution is -0.121. The second-order valence-electron chi connectivity index (χ2n) is 12.1. The van der Waals surface area contributed by atoms with Crippen LogP contribution in [0.4, 0.5) is 23.7 Å². The highest BCUT2D eigenvalue weighted by Gasteiger charge is 2.47. The van der Waals surface area contributed by atoms with Gasteiger partial charge in [0.15, 0.2) is 0 Å². The molecule has 2 heterocycles. The molecular weight excluding hydrogens is 649 g/mol. The standard InChI is InChI=1S/C34H39F3N4O6S/c1-22-20-38-21-26(41(22)48(44,45)27-7-4-3-5-8-27)11-12-28-29(37)9-6-10-30(28)39-32(42)31(40-33(43)46-2)34(13-15-47-16-14-34)23-17-24(35)19-25(36)18-23/h3-10,17-19,22,26,31,38H,11-16,20-21H2,1-2H3,(H,39,42)(H,40,43)/t22-,26+,31?/m1/s1. The van der Waals surface area contributed by atoms with Crippen molar-refractivity contribution in [2.24, 2.45) is 0 Å². The topological polar surface area (TPSA) is 126 Å². The largest absolute Gasteiger partial charge is 0.453 e. The number of alkyl carbamates (subject to hydrolysis) is 1. The summed E-state index contributed by atoms with van der Waals surface area (Å²) in [4.78, 5) is 26.9. The van der Waals surface area contributed by atoms with Crippen LogP contribution in [0.25, 0.3) is 0 Å². The third-order valence-corrected chi connectivity index (χ3v) is 11.2. The van der Waals surface area contributed by atoms with E-state index < -0.39 is 57.0 Å². The number of anilines is 1.